The molecule has 4 atom stereocenters. The molecule has 0 bridgehead atoms. The third kappa shape index (κ3) is 4.67. The standard InChI is InChI=1S/C24H27F3N2O2S/c1-3-32-28-23-19(26)13-29(24(30)21-7-8-31-21)20(23)12-15-5-4-6-18(22(15)27)16-9-14(2)10-17(25)11-16/h4-6,9-11,19-21,23,28H,3,7-8,12-13H2,1-2H3/t19-,20-,21?,23-/m0/s1. The molecule has 4 nitrogen and oxygen atoms in total. The number of nitrogens with zero attached hydrogens (tertiary/aromatic N) is 1. The van der Waals surface area contributed by atoms with E-state index in [2.05, 4.69) is 4.72 Å². The average molecular weight is 465 g/mol. The van der Waals surface area contributed by atoms with Crippen molar-refractivity contribution in [2.75, 3.05) is 18.9 Å². The first-order chi connectivity index (χ1) is 15.4. The summed E-state index contributed by atoms with van der Waals surface area (Å²) in [6.45, 7) is 4.17. The summed E-state index contributed by atoms with van der Waals surface area (Å²) in [5.74, 6) is -0.418. The predicted molar refractivity (Wildman–Crippen MR) is 120 cm³/mol. The molecule has 2 aliphatic rings. The molecule has 1 N–H and O–H groups in total. The highest BCUT2D eigenvalue weighted by Crippen LogP contribution is 2.32. The Kier molecular flexibility index (Phi) is 7.12. The Bertz CT molecular complexity index is 965. The highest BCUT2D eigenvalue weighted by molar-refractivity contribution is 7.97. The summed E-state index contributed by atoms with van der Waals surface area (Å²) in [6, 6.07) is 8.19. The Hall–Kier alpha value is -2.03. The van der Waals surface area contributed by atoms with Crippen LogP contribution in [0.15, 0.2) is 36.4 Å². The number of carbonyl (C=O) groups is 1. The summed E-state index contributed by atoms with van der Waals surface area (Å²) in [5, 5.41) is 0. The van der Waals surface area contributed by atoms with Crippen LogP contribution in [-0.4, -0.2) is 54.1 Å². The average Bonchev–Trinajstić information content (AvgIpc) is 3.01. The number of ether oxygens (including phenoxy) is 1. The van der Waals surface area contributed by atoms with Crippen LogP contribution in [-0.2, 0) is 16.0 Å². The first kappa shape index (κ1) is 23.1. The number of carbonyl (C=O) groups excluding carboxylic acids is 1. The largest absolute Gasteiger partial charge is 0.368 e. The maximum absolute atomic E-state index is 15.5. The fraction of sp³-hybridized carbons (Fsp3) is 0.458. The molecule has 0 aromatic heterocycles. The summed E-state index contributed by atoms with van der Waals surface area (Å²) in [5.41, 5.74) is 1.79. The van der Waals surface area contributed by atoms with Crippen LogP contribution in [0.4, 0.5) is 13.2 Å². The molecule has 2 aromatic carbocycles. The number of alkyl halides is 1. The van der Waals surface area contributed by atoms with Gasteiger partial charge >= 0.3 is 0 Å². The van der Waals surface area contributed by atoms with Gasteiger partial charge in [-0.3, -0.25) is 9.52 Å². The number of halogens is 3. The van der Waals surface area contributed by atoms with E-state index in [0.717, 1.165) is 5.75 Å². The highest BCUT2D eigenvalue weighted by atomic mass is 32.2. The fourth-order valence-corrected chi connectivity index (χ4v) is 5.05. The molecule has 2 fully saturated rings. The number of likely N-dealkylation sites (tertiary alicyclic amines) is 1. The second kappa shape index (κ2) is 9.85. The van der Waals surface area contributed by atoms with Gasteiger partial charge in [0, 0.05) is 17.7 Å². The van der Waals surface area contributed by atoms with Gasteiger partial charge < -0.3 is 9.64 Å². The van der Waals surface area contributed by atoms with E-state index in [1.54, 1.807) is 31.2 Å². The van der Waals surface area contributed by atoms with Gasteiger partial charge in [0.05, 0.1) is 25.2 Å². The third-order valence-electron chi connectivity index (χ3n) is 6.06. The van der Waals surface area contributed by atoms with Gasteiger partial charge in [-0.05, 0) is 42.2 Å². The number of benzene rings is 2. The van der Waals surface area contributed by atoms with Crippen molar-refractivity contribution in [3.63, 3.8) is 0 Å². The summed E-state index contributed by atoms with van der Waals surface area (Å²) in [4.78, 5) is 14.4. The van der Waals surface area contributed by atoms with E-state index >= 15 is 4.39 Å². The molecule has 0 spiro atoms. The zero-order valence-corrected chi connectivity index (χ0v) is 18.9. The Morgan fingerprint density at radius 3 is 2.72 bits per heavy atom. The van der Waals surface area contributed by atoms with Gasteiger partial charge in [0.2, 0.25) is 0 Å². The molecular weight excluding hydrogens is 437 g/mol. The summed E-state index contributed by atoms with van der Waals surface area (Å²) >= 11 is 1.38. The Labute approximate surface area is 190 Å². The van der Waals surface area contributed by atoms with Gasteiger partial charge in [0.15, 0.2) is 0 Å². The van der Waals surface area contributed by atoms with Gasteiger partial charge in [0.1, 0.15) is 23.9 Å². The van der Waals surface area contributed by atoms with Gasteiger partial charge in [0.25, 0.3) is 5.91 Å². The van der Waals surface area contributed by atoms with E-state index in [-0.39, 0.29) is 24.4 Å². The molecule has 2 aromatic rings. The number of nitrogens with one attached hydrogen (secondary N) is 1. The second-order valence-electron chi connectivity index (χ2n) is 8.30. The van der Waals surface area contributed by atoms with Crippen molar-refractivity contribution >= 4 is 17.9 Å². The molecule has 2 saturated heterocycles. The van der Waals surface area contributed by atoms with Crippen molar-refractivity contribution in [1.82, 2.24) is 9.62 Å². The summed E-state index contributed by atoms with van der Waals surface area (Å²) in [6.07, 6.45) is -1.05. The first-order valence-corrected chi connectivity index (χ1v) is 11.9. The number of amides is 1. The minimum atomic E-state index is -1.26. The van der Waals surface area contributed by atoms with Crippen molar-refractivity contribution in [2.45, 2.75) is 51.0 Å². The van der Waals surface area contributed by atoms with Crippen LogP contribution >= 0.6 is 11.9 Å². The molecule has 1 unspecified atom stereocenters. The number of rotatable bonds is 7. The molecule has 32 heavy (non-hydrogen) atoms. The van der Waals surface area contributed by atoms with Crippen LogP contribution in [0.5, 0.6) is 0 Å². The molecule has 8 heteroatoms. The number of hydrogen-bond acceptors (Lipinski definition) is 4. The van der Waals surface area contributed by atoms with E-state index in [0.29, 0.717) is 29.7 Å². The van der Waals surface area contributed by atoms with Crippen molar-refractivity contribution in [3.05, 3.63) is 59.2 Å². The zero-order chi connectivity index (χ0) is 22.8. The Morgan fingerprint density at radius 1 is 1.28 bits per heavy atom. The van der Waals surface area contributed by atoms with E-state index in [9.17, 15) is 13.6 Å². The molecule has 1 amide bonds. The van der Waals surface area contributed by atoms with Gasteiger partial charge in [-0.15, -0.1) is 0 Å². The normalized spacial score (nSPS) is 25.1. The molecule has 0 saturated carbocycles. The molecular formula is C24H27F3N2O2S. The minimum absolute atomic E-state index is 0.0459. The Balaban J connectivity index is 1.65. The maximum Gasteiger partial charge on any atom is 0.252 e. The van der Waals surface area contributed by atoms with E-state index in [1.807, 2.05) is 6.92 Å². The molecule has 2 heterocycles. The molecule has 0 radical (unpaired) electrons. The van der Waals surface area contributed by atoms with Gasteiger partial charge in [-0.25, -0.2) is 13.2 Å². The second-order valence-corrected chi connectivity index (χ2v) is 9.40. The lowest BCUT2D eigenvalue weighted by Crippen LogP contribution is -2.51. The topological polar surface area (TPSA) is 41.6 Å². The van der Waals surface area contributed by atoms with Gasteiger partial charge in [-0.2, -0.15) is 0 Å². The van der Waals surface area contributed by atoms with Crippen LogP contribution < -0.4 is 4.72 Å². The van der Waals surface area contributed by atoms with E-state index in [1.165, 1.54) is 29.0 Å². The number of hydrogen-bond donors (Lipinski definition) is 1. The van der Waals surface area contributed by atoms with Crippen LogP contribution in [0, 0.1) is 18.6 Å². The van der Waals surface area contributed by atoms with Crippen molar-refractivity contribution in [1.29, 1.82) is 0 Å². The smallest absolute Gasteiger partial charge is 0.252 e. The molecule has 0 aliphatic carbocycles. The Morgan fingerprint density at radius 2 is 2.06 bits per heavy atom. The molecule has 2 aliphatic heterocycles. The zero-order valence-electron chi connectivity index (χ0n) is 18.1. The maximum atomic E-state index is 15.5. The quantitative estimate of drug-likeness (QED) is 0.615. The van der Waals surface area contributed by atoms with Crippen molar-refractivity contribution in [2.24, 2.45) is 0 Å². The summed E-state index contributed by atoms with van der Waals surface area (Å²) in [7, 11) is 0. The van der Waals surface area contributed by atoms with Crippen LogP contribution in [0.2, 0.25) is 0 Å². The third-order valence-corrected chi connectivity index (χ3v) is 6.79. The van der Waals surface area contributed by atoms with Gasteiger partial charge in [-0.1, -0.05) is 43.1 Å². The number of aryl methyl sites for hydroxylation is 1. The molecule has 172 valence electrons. The van der Waals surface area contributed by atoms with Crippen molar-refractivity contribution in [3.8, 4) is 11.1 Å². The lowest BCUT2D eigenvalue weighted by atomic mass is 9.95. The first-order valence-electron chi connectivity index (χ1n) is 10.9. The monoisotopic (exact) mass is 464 g/mol. The highest BCUT2D eigenvalue weighted by Gasteiger charge is 2.47. The SMILES string of the molecule is CCSN[C@H]1[C@@H](F)CN(C(=O)C2CCO2)[C@H]1Cc1cccc(-c2cc(C)cc(F)c2)c1F. The fourth-order valence-electron chi connectivity index (χ4n) is 4.39. The predicted octanol–water partition coefficient (Wildman–Crippen LogP) is 4.45. The lowest BCUT2D eigenvalue weighted by molar-refractivity contribution is -0.157. The van der Waals surface area contributed by atoms with E-state index < -0.39 is 36.0 Å². The lowest BCUT2D eigenvalue weighted by Gasteiger charge is -2.34. The van der Waals surface area contributed by atoms with Crippen molar-refractivity contribution < 1.29 is 22.7 Å². The van der Waals surface area contributed by atoms with Crippen LogP contribution in [0.1, 0.15) is 24.5 Å². The van der Waals surface area contributed by atoms with Crippen LogP contribution in [0.3, 0.4) is 0 Å². The molecule has 4 rings (SSSR count). The van der Waals surface area contributed by atoms with Crippen LogP contribution in [0.25, 0.3) is 11.1 Å². The minimum Gasteiger partial charge on any atom is -0.368 e. The van der Waals surface area contributed by atoms with E-state index in [4.69, 9.17) is 4.74 Å². The summed E-state index contributed by atoms with van der Waals surface area (Å²) < 4.78 is 52.9.